The van der Waals surface area contributed by atoms with Crippen LogP contribution < -0.4 is 0 Å². The molecule has 0 fully saturated rings. The van der Waals surface area contributed by atoms with Crippen LogP contribution in [0.3, 0.4) is 0 Å². The Hall–Kier alpha value is -1.40. The third-order valence-electron chi connectivity index (χ3n) is 3.81. The summed E-state index contributed by atoms with van der Waals surface area (Å²) in [6.07, 6.45) is 6.57. The second kappa shape index (κ2) is 3.88. The van der Waals surface area contributed by atoms with E-state index in [4.69, 9.17) is 5.26 Å². The van der Waals surface area contributed by atoms with Gasteiger partial charge in [0, 0.05) is 11.3 Å². The molecule has 2 rings (SSSR count). The maximum Gasteiger partial charge on any atom is 0.162 e. The first-order valence-corrected chi connectivity index (χ1v) is 5.53. The van der Waals surface area contributed by atoms with Gasteiger partial charge in [-0.3, -0.25) is 4.79 Å². The van der Waals surface area contributed by atoms with Crippen molar-refractivity contribution in [2.24, 2.45) is 17.3 Å². The zero-order valence-electron chi connectivity index (χ0n) is 9.31. The zero-order valence-corrected chi connectivity index (χ0v) is 9.31. The molecule has 0 bridgehead atoms. The second-order valence-electron chi connectivity index (χ2n) is 4.84. The van der Waals surface area contributed by atoms with Gasteiger partial charge in [0.1, 0.15) is 0 Å². The Kier molecular flexibility index (Phi) is 2.69. The molecule has 0 aliphatic heterocycles. The highest BCUT2D eigenvalue weighted by Gasteiger charge is 2.47. The van der Waals surface area contributed by atoms with Gasteiger partial charge in [0.05, 0.1) is 18.6 Å². The van der Waals surface area contributed by atoms with E-state index in [1.165, 1.54) is 0 Å². The number of hydrogen-bond acceptors (Lipinski definition) is 3. The van der Waals surface area contributed by atoms with Crippen LogP contribution >= 0.6 is 0 Å². The molecule has 0 heterocycles. The Morgan fingerprint density at radius 2 is 2.44 bits per heavy atom. The summed E-state index contributed by atoms with van der Waals surface area (Å²) < 4.78 is 0. The first-order chi connectivity index (χ1) is 7.61. The molecule has 2 aliphatic carbocycles. The Balaban J connectivity index is 2.40. The predicted octanol–water partition coefficient (Wildman–Crippen LogP) is 1.60. The molecule has 0 saturated heterocycles. The summed E-state index contributed by atoms with van der Waals surface area (Å²) in [6.45, 7) is 1.88. The summed E-state index contributed by atoms with van der Waals surface area (Å²) >= 11 is 0. The SMILES string of the molecule is C[C@]12CC(CO)=CC[C@@H](C#N)[C@H]1C=CC2=O. The van der Waals surface area contributed by atoms with Crippen LogP contribution in [0.25, 0.3) is 0 Å². The topological polar surface area (TPSA) is 61.1 Å². The van der Waals surface area contributed by atoms with Crippen LogP contribution in [0.5, 0.6) is 0 Å². The van der Waals surface area contributed by atoms with Crippen molar-refractivity contribution in [2.45, 2.75) is 19.8 Å². The highest BCUT2D eigenvalue weighted by atomic mass is 16.3. The minimum absolute atomic E-state index is 0.00898. The number of rotatable bonds is 1. The van der Waals surface area contributed by atoms with Crippen LogP contribution in [0.15, 0.2) is 23.8 Å². The van der Waals surface area contributed by atoms with Crippen molar-refractivity contribution >= 4 is 5.78 Å². The number of fused-ring (bicyclic) bond motifs is 1. The number of hydrogen-bond donors (Lipinski definition) is 1. The molecule has 0 spiro atoms. The highest BCUT2D eigenvalue weighted by Crippen LogP contribution is 2.47. The third kappa shape index (κ3) is 1.50. The fourth-order valence-corrected chi connectivity index (χ4v) is 2.78. The molecular weight excluding hydrogens is 202 g/mol. The first kappa shape index (κ1) is 11.1. The van der Waals surface area contributed by atoms with Crippen LogP contribution in [-0.2, 0) is 4.79 Å². The van der Waals surface area contributed by atoms with E-state index in [9.17, 15) is 9.90 Å². The number of nitrogens with zero attached hydrogens (tertiary/aromatic N) is 1. The molecule has 0 saturated carbocycles. The summed E-state index contributed by atoms with van der Waals surface area (Å²) in [5, 5.41) is 18.3. The molecule has 0 unspecified atom stereocenters. The summed E-state index contributed by atoms with van der Waals surface area (Å²) in [6, 6.07) is 2.28. The largest absolute Gasteiger partial charge is 0.392 e. The number of aliphatic hydroxyl groups excluding tert-OH is 1. The number of aliphatic hydroxyl groups is 1. The number of carbonyl (C=O) groups excluding carboxylic acids is 1. The summed E-state index contributed by atoms with van der Waals surface area (Å²) in [5.74, 6) is -0.0824. The molecule has 0 aromatic rings. The van der Waals surface area contributed by atoms with Crippen molar-refractivity contribution in [3.05, 3.63) is 23.8 Å². The number of carbonyl (C=O) groups is 1. The average molecular weight is 217 g/mol. The first-order valence-electron chi connectivity index (χ1n) is 5.53. The standard InChI is InChI=1S/C13H15NO2/c1-13-6-9(8-15)2-3-10(7-14)11(13)4-5-12(13)16/h2,4-5,10-11,15H,3,6,8H2,1H3/t10-,11+,13-/m0/s1. The van der Waals surface area contributed by atoms with Gasteiger partial charge >= 0.3 is 0 Å². The summed E-state index contributed by atoms with van der Waals surface area (Å²) in [5.41, 5.74) is 0.355. The minimum atomic E-state index is -0.522. The number of allylic oxidation sites excluding steroid dienone is 3. The lowest BCUT2D eigenvalue weighted by Gasteiger charge is -2.30. The quantitative estimate of drug-likeness (QED) is 0.678. The lowest BCUT2D eigenvalue weighted by molar-refractivity contribution is -0.124. The molecule has 0 aromatic carbocycles. The maximum absolute atomic E-state index is 11.9. The molecule has 0 amide bonds. The average Bonchev–Trinajstić information content (AvgIpc) is 2.49. The van der Waals surface area contributed by atoms with Crippen molar-refractivity contribution in [2.75, 3.05) is 6.61 Å². The van der Waals surface area contributed by atoms with E-state index >= 15 is 0 Å². The van der Waals surface area contributed by atoms with Crippen LogP contribution in [0, 0.1) is 28.6 Å². The molecule has 0 aromatic heterocycles. The van der Waals surface area contributed by atoms with E-state index in [1.54, 1.807) is 6.08 Å². The van der Waals surface area contributed by atoms with E-state index in [-0.39, 0.29) is 24.2 Å². The summed E-state index contributed by atoms with van der Waals surface area (Å²) in [7, 11) is 0. The molecule has 3 nitrogen and oxygen atoms in total. The van der Waals surface area contributed by atoms with Gasteiger partial charge in [-0.2, -0.15) is 5.26 Å². The lowest BCUT2D eigenvalue weighted by atomic mass is 9.70. The highest BCUT2D eigenvalue weighted by molar-refractivity contribution is 5.97. The van der Waals surface area contributed by atoms with E-state index in [2.05, 4.69) is 6.07 Å². The molecule has 2 aliphatic rings. The van der Waals surface area contributed by atoms with Crippen molar-refractivity contribution in [3.63, 3.8) is 0 Å². The maximum atomic E-state index is 11.9. The van der Waals surface area contributed by atoms with Crippen molar-refractivity contribution in [3.8, 4) is 6.07 Å². The molecule has 0 radical (unpaired) electrons. The lowest BCUT2D eigenvalue weighted by Crippen LogP contribution is -2.33. The van der Waals surface area contributed by atoms with Gasteiger partial charge in [0.2, 0.25) is 0 Å². The smallest absolute Gasteiger partial charge is 0.162 e. The molecule has 3 atom stereocenters. The fraction of sp³-hybridized carbons (Fsp3) is 0.538. The Bertz CT molecular complexity index is 416. The fourth-order valence-electron chi connectivity index (χ4n) is 2.78. The third-order valence-corrected chi connectivity index (χ3v) is 3.81. The normalized spacial score (nSPS) is 37.6. The number of ketones is 1. The van der Waals surface area contributed by atoms with E-state index in [1.807, 2.05) is 19.1 Å². The molecule has 3 heteroatoms. The Labute approximate surface area is 95.1 Å². The van der Waals surface area contributed by atoms with Gasteiger partial charge in [0.25, 0.3) is 0 Å². The van der Waals surface area contributed by atoms with Crippen molar-refractivity contribution in [1.82, 2.24) is 0 Å². The van der Waals surface area contributed by atoms with E-state index < -0.39 is 5.41 Å². The van der Waals surface area contributed by atoms with Gasteiger partial charge in [-0.05, 0) is 24.5 Å². The van der Waals surface area contributed by atoms with Gasteiger partial charge < -0.3 is 5.11 Å². The molecule has 84 valence electrons. The van der Waals surface area contributed by atoms with Crippen LogP contribution in [0.4, 0.5) is 0 Å². The van der Waals surface area contributed by atoms with Gasteiger partial charge in [-0.25, -0.2) is 0 Å². The van der Waals surface area contributed by atoms with E-state index in [0.29, 0.717) is 12.8 Å². The Morgan fingerprint density at radius 1 is 1.69 bits per heavy atom. The van der Waals surface area contributed by atoms with E-state index in [0.717, 1.165) is 5.57 Å². The molecule has 1 N–H and O–H groups in total. The van der Waals surface area contributed by atoms with Gasteiger partial charge in [-0.1, -0.05) is 19.1 Å². The Morgan fingerprint density at radius 3 is 3.06 bits per heavy atom. The van der Waals surface area contributed by atoms with Crippen LogP contribution in [0.1, 0.15) is 19.8 Å². The summed E-state index contributed by atoms with van der Waals surface area (Å²) in [4.78, 5) is 11.9. The second-order valence-corrected chi connectivity index (χ2v) is 4.84. The van der Waals surface area contributed by atoms with Crippen molar-refractivity contribution < 1.29 is 9.90 Å². The molecular formula is C13H15NO2. The van der Waals surface area contributed by atoms with Crippen LogP contribution in [-0.4, -0.2) is 17.5 Å². The number of nitriles is 1. The monoisotopic (exact) mass is 217 g/mol. The van der Waals surface area contributed by atoms with Gasteiger partial charge in [-0.15, -0.1) is 0 Å². The van der Waals surface area contributed by atoms with Crippen molar-refractivity contribution in [1.29, 1.82) is 5.26 Å². The predicted molar refractivity (Wildman–Crippen MR) is 59.2 cm³/mol. The van der Waals surface area contributed by atoms with Gasteiger partial charge in [0.15, 0.2) is 5.78 Å². The van der Waals surface area contributed by atoms with Crippen LogP contribution in [0.2, 0.25) is 0 Å². The molecule has 16 heavy (non-hydrogen) atoms. The zero-order chi connectivity index (χ0) is 11.8. The minimum Gasteiger partial charge on any atom is -0.392 e.